The number of Topliss-reactive ketones (excluding diaryl/α,β-unsaturated/α-hetero) is 1. The minimum atomic E-state index is -1.06. The molecule has 0 unspecified atom stereocenters. The van der Waals surface area contributed by atoms with Crippen LogP contribution in [0, 0.1) is 35.0 Å². The number of ketones is 1. The van der Waals surface area contributed by atoms with Crippen LogP contribution in [0.2, 0.25) is 0 Å². The molecule has 2 heterocycles. The Bertz CT molecular complexity index is 1200. The van der Waals surface area contributed by atoms with E-state index in [0.717, 1.165) is 29.6 Å². The molecule has 0 radical (unpaired) electrons. The van der Waals surface area contributed by atoms with Crippen molar-refractivity contribution in [3.63, 3.8) is 0 Å². The summed E-state index contributed by atoms with van der Waals surface area (Å²) in [5, 5.41) is 12.3. The molecular formula is C30H36O6. The molecule has 6 heteroatoms. The van der Waals surface area contributed by atoms with Gasteiger partial charge in [-0.05, 0) is 75.4 Å². The molecule has 1 fully saturated rings. The smallest absolute Gasteiger partial charge is 0.333 e. The van der Waals surface area contributed by atoms with Crippen LogP contribution in [0.15, 0.2) is 46.6 Å². The molecule has 0 aromatic heterocycles. The van der Waals surface area contributed by atoms with E-state index in [2.05, 4.69) is 6.92 Å². The van der Waals surface area contributed by atoms with E-state index in [1.807, 2.05) is 39.0 Å². The first kappa shape index (κ1) is 23.9. The molecule has 6 aliphatic rings. The quantitative estimate of drug-likeness (QED) is 0.505. The van der Waals surface area contributed by atoms with Crippen molar-refractivity contribution in [2.45, 2.75) is 84.0 Å². The fraction of sp³-hybridized carbons (Fsp3) is 0.633. The van der Waals surface area contributed by atoms with Crippen LogP contribution in [0.1, 0.15) is 66.7 Å². The molecule has 2 aliphatic heterocycles. The summed E-state index contributed by atoms with van der Waals surface area (Å²) in [6.07, 6.45) is 10.2. The second-order valence-corrected chi connectivity index (χ2v) is 12.9. The summed E-state index contributed by atoms with van der Waals surface area (Å²) in [6.45, 7) is 9.89. The number of esters is 2. The third-order valence-electron chi connectivity index (χ3n) is 10.4. The van der Waals surface area contributed by atoms with Crippen molar-refractivity contribution < 1.29 is 29.0 Å². The highest BCUT2D eigenvalue weighted by Gasteiger charge is 2.64. The van der Waals surface area contributed by atoms with Crippen LogP contribution < -0.4 is 0 Å². The minimum absolute atomic E-state index is 0.00792. The van der Waals surface area contributed by atoms with E-state index in [4.69, 9.17) is 9.47 Å². The number of hydrogen-bond donors (Lipinski definition) is 1. The average Bonchev–Trinajstić information content (AvgIpc) is 2.86. The lowest BCUT2D eigenvalue weighted by Crippen LogP contribution is -2.48. The lowest BCUT2D eigenvalue weighted by molar-refractivity contribution is -0.153. The lowest BCUT2D eigenvalue weighted by Gasteiger charge is -2.48. The SMILES string of the molecule is CC1=C[C@@H]2CC3=C(C(=O)C[C@]4(C)[C@H]3C[C@]3(O)C=C5C=CC(=O)OC(C)(C)[C@@H]5CC[C@@H]43)[C@H](C)[C@@H]2OC1=O. The predicted molar refractivity (Wildman–Crippen MR) is 132 cm³/mol. The first-order valence-corrected chi connectivity index (χ1v) is 13.4. The van der Waals surface area contributed by atoms with Gasteiger partial charge in [-0.3, -0.25) is 4.79 Å². The number of fused-ring (bicyclic) bond motifs is 6. The molecule has 1 saturated carbocycles. The third kappa shape index (κ3) is 3.22. The zero-order valence-electron chi connectivity index (χ0n) is 21.8. The van der Waals surface area contributed by atoms with E-state index in [-0.39, 0.29) is 58.8 Å². The number of hydrogen-bond acceptors (Lipinski definition) is 6. The van der Waals surface area contributed by atoms with Crippen LogP contribution in [-0.4, -0.2) is 40.1 Å². The molecule has 0 aromatic carbocycles. The van der Waals surface area contributed by atoms with E-state index >= 15 is 0 Å². The first-order chi connectivity index (χ1) is 16.8. The van der Waals surface area contributed by atoms with Crippen LogP contribution in [0.3, 0.4) is 0 Å². The second-order valence-electron chi connectivity index (χ2n) is 12.9. The van der Waals surface area contributed by atoms with Crippen molar-refractivity contribution in [1.82, 2.24) is 0 Å². The van der Waals surface area contributed by atoms with Gasteiger partial charge in [0, 0.05) is 41.4 Å². The number of carbonyl (C=O) groups excluding carboxylic acids is 3. The fourth-order valence-corrected chi connectivity index (χ4v) is 8.81. The van der Waals surface area contributed by atoms with Crippen LogP contribution in [0.5, 0.6) is 0 Å². The Balaban J connectivity index is 1.43. The second kappa shape index (κ2) is 7.53. The number of allylic oxidation sites excluding steroid dienone is 2. The summed E-state index contributed by atoms with van der Waals surface area (Å²) in [6, 6.07) is 0. The van der Waals surface area contributed by atoms with Gasteiger partial charge in [0.05, 0.1) is 5.60 Å². The molecule has 192 valence electrons. The highest BCUT2D eigenvalue weighted by Crippen LogP contribution is 2.65. The average molecular weight is 493 g/mol. The van der Waals surface area contributed by atoms with Gasteiger partial charge in [-0.25, -0.2) is 9.59 Å². The summed E-state index contributed by atoms with van der Waals surface area (Å²) in [5.41, 5.74) is 1.49. The molecule has 4 aliphatic carbocycles. The topological polar surface area (TPSA) is 89.9 Å². The molecule has 6 nitrogen and oxygen atoms in total. The predicted octanol–water partition coefficient (Wildman–Crippen LogP) is 4.39. The van der Waals surface area contributed by atoms with Crippen molar-refractivity contribution in [3.8, 4) is 0 Å². The van der Waals surface area contributed by atoms with E-state index in [9.17, 15) is 19.5 Å². The van der Waals surface area contributed by atoms with Crippen molar-refractivity contribution in [1.29, 1.82) is 0 Å². The maximum atomic E-state index is 13.7. The van der Waals surface area contributed by atoms with Gasteiger partial charge in [-0.1, -0.05) is 31.6 Å². The molecule has 1 N–H and O–H groups in total. The zero-order chi connectivity index (χ0) is 25.8. The molecular weight excluding hydrogens is 456 g/mol. The third-order valence-corrected chi connectivity index (χ3v) is 10.4. The molecule has 0 aromatic rings. The maximum absolute atomic E-state index is 13.7. The van der Waals surface area contributed by atoms with Crippen molar-refractivity contribution in [2.75, 3.05) is 0 Å². The van der Waals surface area contributed by atoms with Gasteiger partial charge in [0.2, 0.25) is 0 Å². The van der Waals surface area contributed by atoms with Gasteiger partial charge >= 0.3 is 11.9 Å². The maximum Gasteiger partial charge on any atom is 0.333 e. The highest BCUT2D eigenvalue weighted by atomic mass is 16.6. The van der Waals surface area contributed by atoms with Gasteiger partial charge < -0.3 is 14.6 Å². The van der Waals surface area contributed by atoms with Crippen LogP contribution in [-0.2, 0) is 23.9 Å². The number of aliphatic hydroxyl groups is 1. The van der Waals surface area contributed by atoms with Gasteiger partial charge in [0.25, 0.3) is 0 Å². The Hall–Kier alpha value is -2.47. The summed E-state index contributed by atoms with van der Waals surface area (Å²) in [4.78, 5) is 38.2. The van der Waals surface area contributed by atoms with Crippen molar-refractivity contribution in [3.05, 3.63) is 46.6 Å². The first-order valence-electron chi connectivity index (χ1n) is 13.4. The van der Waals surface area contributed by atoms with Crippen LogP contribution >= 0.6 is 0 Å². The zero-order valence-corrected chi connectivity index (χ0v) is 21.8. The van der Waals surface area contributed by atoms with E-state index in [1.165, 1.54) is 6.08 Å². The molecule has 6 rings (SSSR count). The van der Waals surface area contributed by atoms with Crippen molar-refractivity contribution >= 4 is 17.7 Å². The Morgan fingerprint density at radius 3 is 2.56 bits per heavy atom. The minimum Gasteiger partial charge on any atom is -0.458 e. The summed E-state index contributed by atoms with van der Waals surface area (Å²) in [5.74, 6) is -0.587. The van der Waals surface area contributed by atoms with Gasteiger partial charge in [-0.15, -0.1) is 0 Å². The lowest BCUT2D eigenvalue weighted by atomic mass is 9.56. The Morgan fingerprint density at radius 1 is 1.06 bits per heavy atom. The van der Waals surface area contributed by atoms with Crippen LogP contribution in [0.4, 0.5) is 0 Å². The Kier molecular flexibility index (Phi) is 5.00. The van der Waals surface area contributed by atoms with Gasteiger partial charge in [-0.2, -0.15) is 0 Å². The molecule has 0 spiro atoms. The number of carbonyl (C=O) groups is 3. The monoisotopic (exact) mass is 492 g/mol. The molecule has 0 saturated heterocycles. The molecule has 0 bridgehead atoms. The Morgan fingerprint density at radius 2 is 1.81 bits per heavy atom. The number of ether oxygens (including phenoxy) is 2. The molecule has 8 atom stereocenters. The largest absolute Gasteiger partial charge is 0.458 e. The molecule has 36 heavy (non-hydrogen) atoms. The fourth-order valence-electron chi connectivity index (χ4n) is 8.81. The number of cyclic esters (lactones) is 1. The number of rotatable bonds is 0. The van der Waals surface area contributed by atoms with Gasteiger partial charge in [0.1, 0.15) is 11.7 Å². The summed E-state index contributed by atoms with van der Waals surface area (Å²) < 4.78 is 11.5. The van der Waals surface area contributed by atoms with E-state index in [1.54, 1.807) is 6.92 Å². The standard InChI is InChI=1S/C30H36O6/c1-15-10-18-11-19-21-13-30(34)12-17-6-9-24(32)36-28(3,4)20(17)7-8-23(30)29(21,5)14-22(31)25(19)16(2)26(18)35-27(15)33/h6,9-10,12,16,18,20-21,23,26,34H,7-8,11,13-14H2,1-5H3/t16-,18+,20+,21-,23-,26-,29+,30+/m0/s1. The van der Waals surface area contributed by atoms with E-state index in [0.29, 0.717) is 24.8 Å². The normalized spacial score (nSPS) is 45.0. The summed E-state index contributed by atoms with van der Waals surface area (Å²) >= 11 is 0. The highest BCUT2D eigenvalue weighted by molar-refractivity contribution is 5.99. The van der Waals surface area contributed by atoms with Crippen molar-refractivity contribution in [2.24, 2.45) is 35.0 Å². The summed E-state index contributed by atoms with van der Waals surface area (Å²) in [7, 11) is 0. The van der Waals surface area contributed by atoms with Crippen LogP contribution in [0.25, 0.3) is 0 Å². The molecule has 0 amide bonds. The van der Waals surface area contributed by atoms with E-state index < -0.39 is 11.2 Å². The Labute approximate surface area is 212 Å². The van der Waals surface area contributed by atoms with Gasteiger partial charge in [0.15, 0.2) is 5.78 Å².